The molecule has 17 heavy (non-hydrogen) atoms. The Bertz CT molecular complexity index is 362. The molecule has 0 aromatic carbocycles. The molecule has 2 unspecified atom stereocenters. The van der Waals surface area contributed by atoms with Crippen molar-refractivity contribution in [2.24, 2.45) is 12.8 Å². The lowest BCUT2D eigenvalue weighted by molar-refractivity contribution is 0.103. The van der Waals surface area contributed by atoms with Gasteiger partial charge in [0.05, 0.1) is 5.69 Å². The Balaban J connectivity index is 1.98. The monoisotopic (exact) mass is 237 g/mol. The van der Waals surface area contributed by atoms with Crippen molar-refractivity contribution in [1.29, 1.82) is 0 Å². The van der Waals surface area contributed by atoms with Crippen LogP contribution < -0.4 is 5.73 Å². The molecule has 0 saturated carbocycles. The van der Waals surface area contributed by atoms with Crippen LogP contribution in [0, 0.1) is 0 Å². The lowest BCUT2D eigenvalue weighted by Gasteiger charge is -2.38. The molecule has 0 spiro atoms. The highest BCUT2D eigenvalue weighted by Gasteiger charge is 2.25. The standard InChI is InChI=1S/C12H23N5/c1-15-6-7-16(2)10(9-15)8-11(13)12-4-5-14-17(12)3/h4-5,10-11H,6-9,13H2,1-3H3. The van der Waals surface area contributed by atoms with E-state index in [2.05, 4.69) is 29.0 Å². The highest BCUT2D eigenvalue weighted by atomic mass is 15.3. The Labute approximate surface area is 103 Å². The summed E-state index contributed by atoms with van der Waals surface area (Å²) in [6.45, 7) is 3.37. The summed E-state index contributed by atoms with van der Waals surface area (Å²) in [5.41, 5.74) is 7.39. The maximum Gasteiger partial charge on any atom is 0.0548 e. The number of nitrogens with zero attached hydrogens (tertiary/aromatic N) is 4. The van der Waals surface area contributed by atoms with Crippen molar-refractivity contribution in [3.8, 4) is 0 Å². The molecule has 0 radical (unpaired) electrons. The zero-order chi connectivity index (χ0) is 12.4. The summed E-state index contributed by atoms with van der Waals surface area (Å²) in [5, 5.41) is 4.18. The topological polar surface area (TPSA) is 50.3 Å². The third-order valence-corrected chi connectivity index (χ3v) is 3.74. The first-order valence-corrected chi connectivity index (χ1v) is 6.20. The van der Waals surface area contributed by atoms with Crippen LogP contribution in [0.5, 0.6) is 0 Å². The first-order chi connectivity index (χ1) is 8.08. The fourth-order valence-corrected chi connectivity index (χ4v) is 2.52. The number of hydrogen-bond donors (Lipinski definition) is 1. The number of aromatic nitrogens is 2. The quantitative estimate of drug-likeness (QED) is 0.807. The van der Waals surface area contributed by atoms with E-state index in [1.54, 1.807) is 0 Å². The molecular formula is C12H23N5. The Hall–Kier alpha value is -0.910. The molecular weight excluding hydrogens is 214 g/mol. The molecule has 5 heteroatoms. The molecule has 0 amide bonds. The number of aryl methyl sites for hydroxylation is 1. The predicted molar refractivity (Wildman–Crippen MR) is 68.7 cm³/mol. The Kier molecular flexibility index (Phi) is 3.81. The number of rotatable bonds is 3. The van der Waals surface area contributed by atoms with Crippen molar-refractivity contribution in [2.45, 2.75) is 18.5 Å². The summed E-state index contributed by atoms with van der Waals surface area (Å²) in [4.78, 5) is 4.79. The van der Waals surface area contributed by atoms with Gasteiger partial charge in [0, 0.05) is 45.0 Å². The van der Waals surface area contributed by atoms with Gasteiger partial charge in [0.1, 0.15) is 0 Å². The van der Waals surface area contributed by atoms with E-state index < -0.39 is 0 Å². The van der Waals surface area contributed by atoms with Crippen molar-refractivity contribution in [3.63, 3.8) is 0 Å². The van der Waals surface area contributed by atoms with E-state index in [9.17, 15) is 0 Å². The van der Waals surface area contributed by atoms with Gasteiger partial charge in [-0.15, -0.1) is 0 Å². The maximum absolute atomic E-state index is 6.27. The molecule has 0 aliphatic carbocycles. The molecule has 0 bridgehead atoms. The summed E-state index contributed by atoms with van der Waals surface area (Å²) < 4.78 is 1.87. The highest BCUT2D eigenvalue weighted by Crippen LogP contribution is 2.19. The van der Waals surface area contributed by atoms with Gasteiger partial charge >= 0.3 is 0 Å². The third-order valence-electron chi connectivity index (χ3n) is 3.74. The van der Waals surface area contributed by atoms with Crippen molar-refractivity contribution < 1.29 is 0 Å². The molecule has 1 aliphatic heterocycles. The smallest absolute Gasteiger partial charge is 0.0548 e. The molecule has 1 saturated heterocycles. The van der Waals surface area contributed by atoms with Gasteiger partial charge in [0.2, 0.25) is 0 Å². The van der Waals surface area contributed by atoms with E-state index in [-0.39, 0.29) is 6.04 Å². The van der Waals surface area contributed by atoms with Crippen molar-refractivity contribution >= 4 is 0 Å². The van der Waals surface area contributed by atoms with E-state index in [4.69, 9.17) is 5.73 Å². The predicted octanol–water partition coefficient (Wildman–Crippen LogP) is 0.0558. The van der Waals surface area contributed by atoms with Gasteiger partial charge < -0.3 is 15.5 Å². The summed E-state index contributed by atoms with van der Waals surface area (Å²) in [5.74, 6) is 0. The largest absolute Gasteiger partial charge is 0.323 e. The second-order valence-electron chi connectivity index (χ2n) is 5.12. The van der Waals surface area contributed by atoms with Crippen LogP contribution in [0.4, 0.5) is 0 Å². The van der Waals surface area contributed by atoms with Gasteiger partial charge in [-0.1, -0.05) is 0 Å². The fourth-order valence-electron chi connectivity index (χ4n) is 2.52. The lowest BCUT2D eigenvalue weighted by Crippen LogP contribution is -2.50. The second kappa shape index (κ2) is 5.16. The van der Waals surface area contributed by atoms with Crippen LogP contribution in [0.15, 0.2) is 12.3 Å². The lowest BCUT2D eigenvalue weighted by atomic mass is 10.0. The van der Waals surface area contributed by atoms with E-state index in [1.807, 2.05) is 24.0 Å². The molecule has 2 atom stereocenters. The minimum Gasteiger partial charge on any atom is -0.323 e. The summed E-state index contributed by atoms with van der Waals surface area (Å²) in [7, 11) is 6.31. The first-order valence-electron chi connectivity index (χ1n) is 6.20. The SMILES string of the molecule is CN1CCN(C)C(CC(N)c2ccnn2C)C1. The molecule has 2 rings (SSSR count). The van der Waals surface area contributed by atoms with Gasteiger partial charge in [-0.25, -0.2) is 0 Å². The number of nitrogens with two attached hydrogens (primary N) is 1. The van der Waals surface area contributed by atoms with Crippen LogP contribution in [-0.2, 0) is 7.05 Å². The van der Waals surface area contributed by atoms with Gasteiger partial charge in [0.25, 0.3) is 0 Å². The van der Waals surface area contributed by atoms with E-state index in [0.717, 1.165) is 31.7 Å². The molecule has 1 aromatic rings. The van der Waals surface area contributed by atoms with Gasteiger partial charge in [-0.2, -0.15) is 5.10 Å². The minimum atomic E-state index is 0.0708. The normalized spacial score (nSPS) is 25.1. The average Bonchev–Trinajstić information content (AvgIpc) is 2.70. The summed E-state index contributed by atoms with van der Waals surface area (Å²) in [6.07, 6.45) is 2.80. The fraction of sp³-hybridized carbons (Fsp3) is 0.750. The Morgan fingerprint density at radius 2 is 2.18 bits per heavy atom. The molecule has 1 aliphatic rings. The molecule has 96 valence electrons. The van der Waals surface area contributed by atoms with Gasteiger partial charge in [0.15, 0.2) is 0 Å². The van der Waals surface area contributed by atoms with E-state index in [0.29, 0.717) is 6.04 Å². The molecule has 2 heterocycles. The van der Waals surface area contributed by atoms with Gasteiger partial charge in [-0.05, 0) is 26.6 Å². The van der Waals surface area contributed by atoms with Crippen LogP contribution in [-0.4, -0.2) is 59.4 Å². The van der Waals surface area contributed by atoms with Crippen LogP contribution in [0.25, 0.3) is 0 Å². The molecule has 5 nitrogen and oxygen atoms in total. The summed E-state index contributed by atoms with van der Waals surface area (Å²) >= 11 is 0. The van der Waals surface area contributed by atoms with Gasteiger partial charge in [-0.3, -0.25) is 4.68 Å². The van der Waals surface area contributed by atoms with Crippen LogP contribution in [0.3, 0.4) is 0 Å². The minimum absolute atomic E-state index is 0.0708. The summed E-state index contributed by atoms with van der Waals surface area (Å²) in [6, 6.07) is 2.62. The number of piperazine rings is 1. The Morgan fingerprint density at radius 1 is 1.41 bits per heavy atom. The molecule has 1 fully saturated rings. The first kappa shape index (κ1) is 12.5. The number of hydrogen-bond acceptors (Lipinski definition) is 4. The van der Waals surface area contributed by atoms with Crippen molar-refractivity contribution in [2.75, 3.05) is 33.7 Å². The van der Waals surface area contributed by atoms with Crippen LogP contribution in [0.2, 0.25) is 0 Å². The van der Waals surface area contributed by atoms with E-state index >= 15 is 0 Å². The Morgan fingerprint density at radius 3 is 2.82 bits per heavy atom. The van der Waals surface area contributed by atoms with E-state index in [1.165, 1.54) is 0 Å². The number of likely N-dealkylation sites (N-methyl/N-ethyl adjacent to an activating group) is 2. The maximum atomic E-state index is 6.27. The van der Waals surface area contributed by atoms with Crippen LogP contribution >= 0.6 is 0 Å². The zero-order valence-electron chi connectivity index (χ0n) is 11.0. The average molecular weight is 237 g/mol. The molecule has 1 aromatic heterocycles. The zero-order valence-corrected chi connectivity index (χ0v) is 11.0. The third kappa shape index (κ3) is 2.86. The van der Waals surface area contributed by atoms with Crippen molar-refractivity contribution in [1.82, 2.24) is 19.6 Å². The van der Waals surface area contributed by atoms with Crippen molar-refractivity contribution in [3.05, 3.63) is 18.0 Å². The molecule has 2 N–H and O–H groups in total. The van der Waals surface area contributed by atoms with Crippen LogP contribution in [0.1, 0.15) is 18.2 Å². The highest BCUT2D eigenvalue weighted by molar-refractivity contribution is 5.06. The second-order valence-corrected chi connectivity index (χ2v) is 5.12.